The molecule has 2 atom stereocenters. The largest absolute Gasteiger partial charge is 0.348 e. The molecule has 30 heavy (non-hydrogen) atoms. The summed E-state index contributed by atoms with van der Waals surface area (Å²) in [5.41, 5.74) is 4.24. The molecule has 0 bridgehead atoms. The van der Waals surface area contributed by atoms with Crippen LogP contribution in [0.4, 0.5) is 0 Å². The van der Waals surface area contributed by atoms with E-state index in [1.165, 1.54) is 12.8 Å². The topological polar surface area (TPSA) is 51.4 Å². The van der Waals surface area contributed by atoms with Gasteiger partial charge in [0.25, 0.3) is 5.91 Å². The van der Waals surface area contributed by atoms with Gasteiger partial charge in [0.2, 0.25) is 0 Å². The molecule has 3 aromatic rings. The maximum atomic E-state index is 12.8. The van der Waals surface area contributed by atoms with E-state index in [-0.39, 0.29) is 11.9 Å². The minimum atomic E-state index is -0.116. The number of amides is 1. The maximum absolute atomic E-state index is 12.8. The van der Waals surface area contributed by atoms with Crippen LogP contribution in [-0.4, -0.2) is 34.8 Å². The Morgan fingerprint density at radius 1 is 1.10 bits per heavy atom. The van der Waals surface area contributed by atoms with Gasteiger partial charge in [-0.15, -0.1) is 0 Å². The van der Waals surface area contributed by atoms with Crippen molar-refractivity contribution in [2.24, 2.45) is 0 Å². The number of quaternary nitrogens is 1. The number of carbonyl (C=O) groups excluding carboxylic acids is 1. The molecule has 1 unspecified atom stereocenters. The number of hydrogen-bond acceptors (Lipinski definition) is 2. The summed E-state index contributed by atoms with van der Waals surface area (Å²) in [4.78, 5) is 13.9. The van der Waals surface area contributed by atoms with Crippen LogP contribution in [0.1, 0.15) is 38.2 Å². The number of nitrogens with one attached hydrogen (secondary N) is 2. The number of para-hydroxylation sites is 1. The zero-order chi connectivity index (χ0) is 20.9. The molecule has 156 valence electrons. The van der Waals surface area contributed by atoms with Crippen molar-refractivity contribution in [1.82, 2.24) is 15.1 Å². The average molecular weight is 404 g/mol. The molecule has 1 aliphatic carbocycles. The van der Waals surface area contributed by atoms with Gasteiger partial charge >= 0.3 is 0 Å². The van der Waals surface area contributed by atoms with Crippen LogP contribution in [-0.2, 0) is 11.3 Å². The van der Waals surface area contributed by atoms with Crippen LogP contribution in [0.3, 0.4) is 0 Å². The third-order valence-corrected chi connectivity index (χ3v) is 6.16. The Morgan fingerprint density at radius 2 is 1.73 bits per heavy atom. The third-order valence-electron chi connectivity index (χ3n) is 6.16. The lowest BCUT2D eigenvalue weighted by Crippen LogP contribution is -3.12. The van der Waals surface area contributed by atoms with Gasteiger partial charge in [-0.3, -0.25) is 4.79 Å². The first-order chi connectivity index (χ1) is 14.6. The number of hydrogen-bond donors (Lipinski definition) is 2. The second-order valence-corrected chi connectivity index (χ2v) is 8.38. The van der Waals surface area contributed by atoms with Crippen LogP contribution in [0.15, 0.2) is 66.9 Å². The summed E-state index contributed by atoms with van der Waals surface area (Å²) in [5, 5.41) is 8.14. The molecule has 0 spiro atoms. The molecule has 5 heteroatoms. The van der Waals surface area contributed by atoms with Crippen molar-refractivity contribution in [3.05, 3.63) is 72.4 Å². The van der Waals surface area contributed by atoms with Gasteiger partial charge in [-0.1, -0.05) is 61.4 Å². The SMILES string of the molecule is C[C@@H](C(=O)NC1CCCC1)[NH+](C)Cc1cn(-c2ccccc2)nc1-c1ccccc1. The van der Waals surface area contributed by atoms with Gasteiger partial charge in [-0.25, -0.2) is 4.68 Å². The highest BCUT2D eigenvalue weighted by atomic mass is 16.2. The molecule has 5 nitrogen and oxygen atoms in total. The molecule has 1 saturated carbocycles. The highest BCUT2D eigenvalue weighted by Gasteiger charge is 2.27. The van der Waals surface area contributed by atoms with Gasteiger partial charge in [-0.2, -0.15) is 5.10 Å². The third kappa shape index (κ3) is 4.62. The fourth-order valence-electron chi connectivity index (χ4n) is 4.16. The molecular weight excluding hydrogens is 372 g/mol. The van der Waals surface area contributed by atoms with Crippen molar-refractivity contribution in [1.29, 1.82) is 0 Å². The van der Waals surface area contributed by atoms with E-state index in [0.717, 1.165) is 46.8 Å². The van der Waals surface area contributed by atoms with E-state index in [4.69, 9.17) is 5.10 Å². The van der Waals surface area contributed by atoms with Crippen LogP contribution in [0.25, 0.3) is 16.9 Å². The second-order valence-electron chi connectivity index (χ2n) is 8.38. The Morgan fingerprint density at radius 3 is 2.40 bits per heavy atom. The van der Waals surface area contributed by atoms with Crippen molar-refractivity contribution in [2.75, 3.05) is 7.05 Å². The molecule has 1 heterocycles. The Hall–Kier alpha value is -2.92. The highest BCUT2D eigenvalue weighted by Crippen LogP contribution is 2.23. The smallest absolute Gasteiger partial charge is 0.278 e. The van der Waals surface area contributed by atoms with E-state index in [0.29, 0.717) is 6.04 Å². The first-order valence-corrected chi connectivity index (χ1v) is 10.9. The molecule has 0 radical (unpaired) electrons. The van der Waals surface area contributed by atoms with Gasteiger partial charge in [0.15, 0.2) is 6.04 Å². The number of carbonyl (C=O) groups is 1. The van der Waals surface area contributed by atoms with Gasteiger partial charge in [0.1, 0.15) is 12.2 Å². The van der Waals surface area contributed by atoms with E-state index < -0.39 is 0 Å². The van der Waals surface area contributed by atoms with Crippen LogP contribution in [0.2, 0.25) is 0 Å². The summed E-state index contributed by atoms with van der Waals surface area (Å²) in [6.45, 7) is 2.75. The molecule has 4 rings (SSSR count). The summed E-state index contributed by atoms with van der Waals surface area (Å²) < 4.78 is 1.94. The summed E-state index contributed by atoms with van der Waals surface area (Å²) in [6, 6.07) is 20.7. The lowest BCUT2D eigenvalue weighted by molar-refractivity contribution is -0.908. The summed E-state index contributed by atoms with van der Waals surface area (Å²) in [6.07, 6.45) is 6.77. The first-order valence-electron chi connectivity index (χ1n) is 10.9. The molecule has 1 fully saturated rings. The van der Waals surface area contributed by atoms with Gasteiger partial charge in [0.05, 0.1) is 18.3 Å². The Labute approximate surface area is 178 Å². The fourth-order valence-corrected chi connectivity index (χ4v) is 4.16. The predicted octanol–water partition coefficient (Wildman–Crippen LogP) is 3.00. The van der Waals surface area contributed by atoms with Gasteiger partial charge < -0.3 is 10.2 Å². The molecular formula is C25H31N4O+. The molecule has 2 aromatic carbocycles. The minimum Gasteiger partial charge on any atom is -0.348 e. The Kier molecular flexibility index (Phi) is 6.29. The van der Waals surface area contributed by atoms with E-state index in [9.17, 15) is 4.79 Å². The lowest BCUT2D eigenvalue weighted by Gasteiger charge is -2.22. The Bertz CT molecular complexity index is 961. The van der Waals surface area contributed by atoms with E-state index in [1.807, 2.05) is 48.0 Å². The van der Waals surface area contributed by atoms with Gasteiger partial charge in [0, 0.05) is 17.8 Å². The molecule has 1 amide bonds. The van der Waals surface area contributed by atoms with E-state index in [2.05, 4.69) is 42.8 Å². The molecule has 1 aromatic heterocycles. The average Bonchev–Trinajstić information content (AvgIpc) is 3.44. The number of aromatic nitrogens is 2. The first kappa shape index (κ1) is 20.4. The fraction of sp³-hybridized carbons (Fsp3) is 0.360. The molecule has 2 N–H and O–H groups in total. The van der Waals surface area contributed by atoms with Crippen LogP contribution < -0.4 is 10.2 Å². The number of rotatable bonds is 7. The number of benzene rings is 2. The number of nitrogens with zero attached hydrogens (tertiary/aromatic N) is 2. The summed E-state index contributed by atoms with van der Waals surface area (Å²) in [7, 11) is 2.09. The van der Waals surface area contributed by atoms with Crippen LogP contribution in [0.5, 0.6) is 0 Å². The summed E-state index contributed by atoms with van der Waals surface area (Å²) in [5.74, 6) is 0.149. The zero-order valence-corrected chi connectivity index (χ0v) is 17.8. The highest BCUT2D eigenvalue weighted by molar-refractivity contribution is 5.80. The van der Waals surface area contributed by atoms with Crippen LogP contribution >= 0.6 is 0 Å². The molecule has 1 aliphatic rings. The molecule has 0 saturated heterocycles. The van der Waals surface area contributed by atoms with Crippen molar-refractivity contribution >= 4 is 5.91 Å². The molecule has 0 aliphatic heterocycles. The zero-order valence-electron chi connectivity index (χ0n) is 17.8. The standard InChI is InChI=1S/C25H30N4O/c1-19(25(30)26-22-13-9-10-14-22)28(2)17-21-18-29(23-15-7-4-8-16-23)27-24(21)20-11-5-3-6-12-20/h3-8,11-12,15-16,18-19,22H,9-10,13-14,17H2,1-2H3,(H,26,30)/p+1/t19-/m0/s1. The van der Waals surface area contributed by atoms with Crippen molar-refractivity contribution in [3.63, 3.8) is 0 Å². The van der Waals surface area contributed by atoms with E-state index >= 15 is 0 Å². The van der Waals surface area contributed by atoms with Crippen molar-refractivity contribution < 1.29 is 9.69 Å². The minimum absolute atomic E-state index is 0.116. The number of likely N-dealkylation sites (N-methyl/N-ethyl adjacent to an activating group) is 1. The van der Waals surface area contributed by atoms with Crippen molar-refractivity contribution in [2.45, 2.75) is 51.2 Å². The maximum Gasteiger partial charge on any atom is 0.278 e. The van der Waals surface area contributed by atoms with E-state index in [1.54, 1.807) is 0 Å². The monoisotopic (exact) mass is 403 g/mol. The second kappa shape index (κ2) is 9.26. The summed E-state index contributed by atoms with van der Waals surface area (Å²) >= 11 is 0. The Balaban J connectivity index is 1.56. The lowest BCUT2D eigenvalue weighted by atomic mass is 10.1. The predicted molar refractivity (Wildman–Crippen MR) is 119 cm³/mol. The van der Waals surface area contributed by atoms with Crippen LogP contribution in [0, 0.1) is 0 Å². The quantitative estimate of drug-likeness (QED) is 0.637. The van der Waals surface area contributed by atoms with Crippen molar-refractivity contribution in [3.8, 4) is 16.9 Å². The normalized spacial score (nSPS) is 16.3. The van der Waals surface area contributed by atoms with Gasteiger partial charge in [-0.05, 0) is 31.9 Å².